The van der Waals surface area contributed by atoms with Crippen LogP contribution in [0.15, 0.2) is 49.3 Å². The van der Waals surface area contributed by atoms with Gasteiger partial charge in [0.25, 0.3) is 10.0 Å². The summed E-state index contributed by atoms with van der Waals surface area (Å²) >= 11 is 0. The van der Waals surface area contributed by atoms with Crippen molar-refractivity contribution in [2.45, 2.75) is 55.9 Å². The average Bonchev–Trinajstić information content (AvgIpc) is 3.67. The number of hydrogen-bond donors (Lipinski definition) is 1. The van der Waals surface area contributed by atoms with Crippen LogP contribution in [0.2, 0.25) is 0 Å². The van der Waals surface area contributed by atoms with Gasteiger partial charge >= 0.3 is 0 Å². The van der Waals surface area contributed by atoms with Crippen molar-refractivity contribution >= 4 is 33.6 Å². The van der Waals surface area contributed by atoms with E-state index in [4.69, 9.17) is 4.74 Å². The predicted octanol–water partition coefficient (Wildman–Crippen LogP) is 2.87. The van der Waals surface area contributed by atoms with Crippen molar-refractivity contribution in [2.75, 3.05) is 50.1 Å². The van der Waals surface area contributed by atoms with Gasteiger partial charge in [0.1, 0.15) is 17.9 Å². The van der Waals surface area contributed by atoms with E-state index in [2.05, 4.69) is 52.1 Å². The molecular formula is C33H38N10O4S. The van der Waals surface area contributed by atoms with E-state index in [1.165, 1.54) is 12.4 Å². The van der Waals surface area contributed by atoms with E-state index in [-0.39, 0.29) is 11.4 Å². The lowest BCUT2D eigenvalue weighted by atomic mass is 10.1. The van der Waals surface area contributed by atoms with Gasteiger partial charge in [0.2, 0.25) is 0 Å². The molecule has 0 bridgehead atoms. The van der Waals surface area contributed by atoms with Crippen LogP contribution in [0.25, 0.3) is 11.4 Å². The Morgan fingerprint density at radius 2 is 1.77 bits per heavy atom. The highest BCUT2D eigenvalue weighted by atomic mass is 32.2. The van der Waals surface area contributed by atoms with E-state index in [0.29, 0.717) is 48.5 Å². The Balaban J connectivity index is 1.10. The third kappa shape index (κ3) is 7.10. The summed E-state index contributed by atoms with van der Waals surface area (Å²) in [7, 11) is -1.72. The minimum absolute atomic E-state index is 0.231. The number of carbonyl (C=O) groups excluding carboxylic acids is 1. The molecule has 2 aliphatic heterocycles. The summed E-state index contributed by atoms with van der Waals surface area (Å²) in [5.74, 6) is 8.10. The number of likely N-dealkylation sites (tertiary alicyclic amines) is 1. The molecule has 0 aromatic carbocycles. The topological polar surface area (TPSA) is 153 Å². The second kappa shape index (κ2) is 13.8. The number of hydrogen-bond acceptors (Lipinski definition) is 12. The molecule has 6 heterocycles. The van der Waals surface area contributed by atoms with E-state index < -0.39 is 10.0 Å². The summed E-state index contributed by atoms with van der Waals surface area (Å²) in [5.41, 5.74) is 3.11. The molecule has 3 fully saturated rings. The first kappa shape index (κ1) is 31.9. The van der Waals surface area contributed by atoms with Crippen molar-refractivity contribution in [3.05, 3.63) is 60.4 Å². The van der Waals surface area contributed by atoms with Gasteiger partial charge in [-0.1, -0.05) is 11.8 Å². The van der Waals surface area contributed by atoms with E-state index in [1.54, 1.807) is 31.8 Å². The summed E-state index contributed by atoms with van der Waals surface area (Å²) in [6.07, 6.45) is 16.3. The largest absolute Gasteiger partial charge is 0.381 e. The first-order chi connectivity index (χ1) is 23.4. The SMILES string of the molecule is COC1CCN(c2cc(Nc3ccnc(-c4cnn(S(=O)(=O)C5CC5)c4)n3)ncc2C#Cc2cnn(C3CCN(CC=O)CC3)c2)CC1. The maximum absolute atomic E-state index is 12.6. The Morgan fingerprint density at radius 3 is 2.52 bits per heavy atom. The number of pyridine rings is 1. The fourth-order valence-corrected chi connectivity index (χ4v) is 7.67. The standard InChI is InChI=1S/C33H38N10O4S/c1-47-28-9-14-41(15-10-28)30-18-32(38-31-6-11-34-33(39-31)26-21-37-43(23-26)48(45,46)29-4-5-29)35-20-25(30)3-2-24-19-36-42(22-24)27-7-12-40(13-8-27)16-17-44/h6,11,17-23,27-29H,4-5,7-10,12-16H2,1H3,(H,34,35,38,39). The maximum Gasteiger partial charge on any atom is 0.256 e. The zero-order chi connectivity index (χ0) is 33.1. The molecule has 1 N–H and O–H groups in total. The molecule has 14 nitrogen and oxygen atoms in total. The van der Waals surface area contributed by atoms with Crippen LogP contribution in [-0.2, 0) is 19.6 Å². The Morgan fingerprint density at radius 1 is 0.958 bits per heavy atom. The molecule has 0 spiro atoms. The van der Waals surface area contributed by atoms with Gasteiger partial charge < -0.3 is 19.7 Å². The summed E-state index contributed by atoms with van der Waals surface area (Å²) in [6, 6.07) is 4.01. The van der Waals surface area contributed by atoms with Crippen molar-refractivity contribution in [1.29, 1.82) is 0 Å². The highest BCUT2D eigenvalue weighted by Gasteiger charge is 2.37. The Labute approximate surface area is 279 Å². The van der Waals surface area contributed by atoms with Crippen molar-refractivity contribution < 1.29 is 17.9 Å². The van der Waals surface area contributed by atoms with Gasteiger partial charge in [0.05, 0.1) is 64.9 Å². The molecule has 4 aromatic heterocycles. The van der Waals surface area contributed by atoms with Crippen LogP contribution in [0.1, 0.15) is 55.7 Å². The van der Waals surface area contributed by atoms with E-state index in [0.717, 1.165) is 79.0 Å². The highest BCUT2D eigenvalue weighted by molar-refractivity contribution is 7.90. The first-order valence-corrected chi connectivity index (χ1v) is 17.8. The summed E-state index contributed by atoms with van der Waals surface area (Å²) in [5, 5.41) is 11.6. The molecule has 0 atom stereocenters. The van der Waals surface area contributed by atoms with Crippen LogP contribution in [0, 0.1) is 11.8 Å². The summed E-state index contributed by atoms with van der Waals surface area (Å²) in [4.78, 5) is 29.0. The molecule has 1 aliphatic carbocycles. The minimum atomic E-state index is -3.48. The number of aromatic nitrogens is 7. The normalized spacial score (nSPS) is 18.0. The van der Waals surface area contributed by atoms with Crippen molar-refractivity contribution in [3.8, 4) is 23.2 Å². The van der Waals surface area contributed by atoms with E-state index in [9.17, 15) is 13.2 Å². The zero-order valence-corrected chi connectivity index (χ0v) is 27.6. The number of nitrogens with one attached hydrogen (secondary N) is 1. The van der Waals surface area contributed by atoms with Crippen LogP contribution in [-0.4, -0.2) is 105 Å². The number of anilines is 3. The molecule has 0 unspecified atom stereocenters. The quantitative estimate of drug-likeness (QED) is 0.195. The number of rotatable bonds is 10. The second-order valence-corrected chi connectivity index (χ2v) is 14.5. The van der Waals surface area contributed by atoms with Crippen LogP contribution in [0.4, 0.5) is 17.3 Å². The van der Waals surface area contributed by atoms with Gasteiger partial charge in [0.15, 0.2) is 5.82 Å². The lowest BCUT2D eigenvalue weighted by Gasteiger charge is -2.33. The Kier molecular flexibility index (Phi) is 9.20. The van der Waals surface area contributed by atoms with Crippen molar-refractivity contribution in [2.24, 2.45) is 0 Å². The molecule has 3 aliphatic rings. The predicted molar refractivity (Wildman–Crippen MR) is 179 cm³/mol. The molecule has 0 amide bonds. The van der Waals surface area contributed by atoms with Gasteiger partial charge in [-0.3, -0.25) is 9.58 Å². The van der Waals surface area contributed by atoms with Crippen LogP contribution >= 0.6 is 0 Å². The minimum Gasteiger partial charge on any atom is -0.381 e. The molecular weight excluding hydrogens is 632 g/mol. The fourth-order valence-electron chi connectivity index (χ4n) is 6.19. The van der Waals surface area contributed by atoms with Crippen LogP contribution < -0.4 is 10.2 Å². The van der Waals surface area contributed by atoms with Gasteiger partial charge in [-0.2, -0.15) is 14.3 Å². The smallest absolute Gasteiger partial charge is 0.256 e. The van der Waals surface area contributed by atoms with Gasteiger partial charge in [-0.05, 0) is 44.6 Å². The number of nitrogens with zero attached hydrogens (tertiary/aromatic N) is 9. The summed E-state index contributed by atoms with van der Waals surface area (Å²) < 4.78 is 33.8. The third-order valence-corrected chi connectivity index (χ3v) is 11.2. The molecule has 1 saturated carbocycles. The number of methoxy groups -OCH3 is 1. The second-order valence-electron chi connectivity index (χ2n) is 12.4. The molecule has 15 heteroatoms. The molecule has 2 saturated heterocycles. The molecule has 4 aromatic rings. The van der Waals surface area contributed by atoms with Gasteiger partial charge in [0, 0.05) is 57.9 Å². The number of piperidine rings is 2. The zero-order valence-electron chi connectivity index (χ0n) is 26.8. The van der Waals surface area contributed by atoms with Crippen molar-refractivity contribution in [1.82, 2.24) is 38.8 Å². The monoisotopic (exact) mass is 670 g/mol. The first-order valence-electron chi connectivity index (χ1n) is 16.3. The average molecular weight is 671 g/mol. The lowest BCUT2D eigenvalue weighted by molar-refractivity contribution is -0.109. The van der Waals surface area contributed by atoms with Gasteiger partial charge in [-0.25, -0.2) is 23.4 Å². The van der Waals surface area contributed by atoms with Gasteiger partial charge in [-0.15, -0.1) is 0 Å². The van der Waals surface area contributed by atoms with Crippen LogP contribution in [0.3, 0.4) is 0 Å². The summed E-state index contributed by atoms with van der Waals surface area (Å²) in [6.45, 7) is 3.89. The van der Waals surface area contributed by atoms with Crippen LogP contribution in [0.5, 0.6) is 0 Å². The molecule has 7 rings (SSSR count). The molecule has 250 valence electrons. The van der Waals surface area contributed by atoms with Crippen molar-refractivity contribution in [3.63, 3.8) is 0 Å². The number of aldehydes is 1. The number of carbonyl (C=O) groups is 1. The van der Waals surface area contributed by atoms with E-state index in [1.807, 2.05) is 16.9 Å². The molecule has 0 radical (unpaired) electrons. The Hall–Kier alpha value is -4.65. The Bertz CT molecular complexity index is 1930. The van der Waals surface area contributed by atoms with E-state index >= 15 is 0 Å². The lowest BCUT2D eigenvalue weighted by Crippen LogP contribution is -2.37. The maximum atomic E-state index is 12.6. The highest BCUT2D eigenvalue weighted by Crippen LogP contribution is 2.31. The number of ether oxygens (including phenoxy) is 1. The fraction of sp³-hybridized carbons (Fsp3) is 0.455. The third-order valence-electron chi connectivity index (χ3n) is 9.14. The molecule has 48 heavy (non-hydrogen) atoms.